The lowest BCUT2D eigenvalue weighted by Crippen LogP contribution is -2.43. The van der Waals surface area contributed by atoms with Crippen LogP contribution in [0.4, 0.5) is 5.95 Å². The predicted octanol–water partition coefficient (Wildman–Crippen LogP) is 3.93. The lowest BCUT2D eigenvalue weighted by molar-refractivity contribution is -0.137. The van der Waals surface area contributed by atoms with Gasteiger partial charge >= 0.3 is 5.97 Å². The molecule has 0 bridgehead atoms. The summed E-state index contributed by atoms with van der Waals surface area (Å²) in [7, 11) is 2.86. The summed E-state index contributed by atoms with van der Waals surface area (Å²) >= 11 is 7.76. The highest BCUT2D eigenvalue weighted by Crippen LogP contribution is 2.40. The molecule has 11 nitrogen and oxygen atoms in total. The van der Waals surface area contributed by atoms with E-state index in [4.69, 9.17) is 35.6 Å². The molecule has 3 heterocycles. The fourth-order valence-corrected chi connectivity index (χ4v) is 5.76. The summed E-state index contributed by atoms with van der Waals surface area (Å²) in [5.74, 6) is 1.25. The minimum absolute atomic E-state index is 0.126. The number of methoxy groups -OCH3 is 2. The van der Waals surface area contributed by atoms with Crippen molar-refractivity contribution in [2.24, 2.45) is 0 Å². The highest BCUT2D eigenvalue weighted by atomic mass is 35.5. The van der Waals surface area contributed by atoms with Crippen LogP contribution in [-0.4, -0.2) is 78.7 Å². The molecule has 1 amide bonds. The number of hydrogen-bond acceptors (Lipinski definition) is 10. The Hall–Kier alpha value is -3.74. The van der Waals surface area contributed by atoms with Gasteiger partial charge in [-0.1, -0.05) is 47.6 Å². The van der Waals surface area contributed by atoms with Gasteiger partial charge < -0.3 is 29.2 Å². The molecule has 2 aromatic carbocycles. The van der Waals surface area contributed by atoms with Gasteiger partial charge in [-0.25, -0.2) is 9.48 Å². The number of fused-ring (bicyclic) bond motifs is 1. The minimum atomic E-state index is -0.654. The van der Waals surface area contributed by atoms with Gasteiger partial charge in [-0.05, 0) is 36.2 Å². The number of esters is 1. The zero-order chi connectivity index (χ0) is 28.9. The first-order valence-corrected chi connectivity index (χ1v) is 14.3. The number of amides is 1. The third-order valence-electron chi connectivity index (χ3n) is 6.77. The number of anilines is 1. The van der Waals surface area contributed by atoms with Gasteiger partial charge in [0.2, 0.25) is 11.1 Å². The van der Waals surface area contributed by atoms with Crippen LogP contribution >= 0.6 is 23.4 Å². The topological polar surface area (TPSA) is 117 Å². The van der Waals surface area contributed by atoms with Crippen LogP contribution in [0.5, 0.6) is 11.5 Å². The Labute approximate surface area is 246 Å². The van der Waals surface area contributed by atoms with E-state index in [0.29, 0.717) is 76.5 Å². The molecule has 41 heavy (non-hydrogen) atoms. The number of morpholine rings is 1. The lowest BCUT2D eigenvalue weighted by atomic mass is 9.95. The van der Waals surface area contributed by atoms with Gasteiger partial charge in [0.05, 0.1) is 33.0 Å². The number of nitrogens with zero attached hydrogens (tertiary/aromatic N) is 4. The van der Waals surface area contributed by atoms with Crippen LogP contribution in [0.25, 0.3) is 0 Å². The van der Waals surface area contributed by atoms with Crippen LogP contribution in [-0.2, 0) is 24.8 Å². The van der Waals surface area contributed by atoms with Gasteiger partial charge in [0.25, 0.3) is 5.91 Å². The van der Waals surface area contributed by atoms with Crippen LogP contribution in [0, 0.1) is 0 Å². The smallest absolute Gasteiger partial charge is 0.338 e. The number of rotatable bonds is 9. The number of nitrogens with one attached hydrogen (secondary N) is 1. The summed E-state index contributed by atoms with van der Waals surface area (Å²) < 4.78 is 23.6. The molecule has 1 saturated heterocycles. The Morgan fingerprint density at radius 3 is 2.66 bits per heavy atom. The molecule has 1 atom stereocenters. The highest BCUT2D eigenvalue weighted by Gasteiger charge is 2.35. The number of benzene rings is 2. The molecule has 3 aromatic rings. The third-order valence-corrected chi connectivity index (χ3v) is 8.03. The van der Waals surface area contributed by atoms with Crippen molar-refractivity contribution >= 4 is 41.2 Å². The van der Waals surface area contributed by atoms with E-state index in [1.807, 2.05) is 30.3 Å². The Morgan fingerprint density at radius 2 is 1.93 bits per heavy atom. The highest BCUT2D eigenvalue weighted by molar-refractivity contribution is 7.98. The molecule has 0 radical (unpaired) electrons. The number of carbonyl (C=O) groups excluding carboxylic acids is 2. The van der Waals surface area contributed by atoms with Gasteiger partial charge in [0.15, 0.2) is 18.1 Å². The van der Waals surface area contributed by atoms with Crippen LogP contribution in [0.15, 0.2) is 58.9 Å². The van der Waals surface area contributed by atoms with Gasteiger partial charge in [-0.15, -0.1) is 5.10 Å². The van der Waals surface area contributed by atoms with Crippen molar-refractivity contribution in [3.8, 4) is 11.5 Å². The lowest BCUT2D eigenvalue weighted by Gasteiger charge is -2.28. The predicted molar refractivity (Wildman–Crippen MR) is 153 cm³/mol. The summed E-state index contributed by atoms with van der Waals surface area (Å²) in [6, 6.07) is 12.3. The molecule has 13 heteroatoms. The van der Waals surface area contributed by atoms with Crippen LogP contribution < -0.4 is 14.8 Å². The maximum absolute atomic E-state index is 13.0. The number of hydrogen-bond donors (Lipinski definition) is 1. The fraction of sp³-hybridized carbons (Fsp3) is 0.357. The normalized spacial score (nSPS) is 16.6. The summed E-state index contributed by atoms with van der Waals surface area (Å²) in [6.07, 6.45) is 0. The van der Waals surface area contributed by atoms with E-state index in [-0.39, 0.29) is 12.5 Å². The zero-order valence-corrected chi connectivity index (χ0v) is 24.5. The molecule has 0 aliphatic carbocycles. The largest absolute Gasteiger partial charge is 0.493 e. The number of halogens is 1. The molecule has 1 N–H and O–H groups in total. The summed E-state index contributed by atoms with van der Waals surface area (Å²) in [5, 5.41) is 9.10. The second-order valence-corrected chi connectivity index (χ2v) is 10.6. The molecule has 5 rings (SSSR count). The molecular weight excluding hydrogens is 570 g/mol. The molecular formula is C28H30ClN5O6S. The van der Waals surface area contributed by atoms with Gasteiger partial charge in [0, 0.05) is 29.6 Å². The average Bonchev–Trinajstić information content (AvgIpc) is 3.41. The Bertz CT molecular complexity index is 1470. The standard InChI is InChI=1S/C28H30ClN5O6S/c1-17-24(26(36)38-3)25(34-27(30-17)31-28(32-34)41-16-19-6-4-5-7-20(19)29)18-8-9-21(22(14-18)37-2)40-15-23(35)33-10-12-39-13-11-33/h4-9,14,25H,10-13,15-16H2,1-3H3,(H,30,31,32). The van der Waals surface area contributed by atoms with Crippen molar-refractivity contribution in [1.82, 2.24) is 19.7 Å². The molecule has 1 unspecified atom stereocenters. The molecule has 1 aromatic heterocycles. The maximum atomic E-state index is 13.0. The molecule has 2 aliphatic heterocycles. The van der Waals surface area contributed by atoms with Crippen LogP contribution in [0.3, 0.4) is 0 Å². The summed E-state index contributed by atoms with van der Waals surface area (Å²) in [5.41, 5.74) is 2.64. The van der Waals surface area contributed by atoms with Gasteiger partial charge in [0.1, 0.15) is 6.04 Å². The monoisotopic (exact) mass is 599 g/mol. The number of carbonyl (C=O) groups is 2. The van der Waals surface area contributed by atoms with E-state index in [0.717, 1.165) is 5.56 Å². The van der Waals surface area contributed by atoms with Crippen LogP contribution in [0.2, 0.25) is 5.02 Å². The van der Waals surface area contributed by atoms with Crippen molar-refractivity contribution in [3.05, 3.63) is 69.9 Å². The quantitative estimate of drug-likeness (QED) is 0.286. The maximum Gasteiger partial charge on any atom is 0.338 e. The van der Waals surface area contributed by atoms with E-state index in [1.165, 1.54) is 26.0 Å². The first-order chi connectivity index (χ1) is 19.9. The van der Waals surface area contributed by atoms with E-state index in [9.17, 15) is 9.59 Å². The van der Waals surface area contributed by atoms with Crippen molar-refractivity contribution < 1.29 is 28.5 Å². The third kappa shape index (κ3) is 6.29. The number of thioether (sulfide) groups is 1. The van der Waals surface area contributed by atoms with Crippen LogP contribution in [0.1, 0.15) is 24.1 Å². The SMILES string of the molecule is COC(=O)C1=C(C)Nc2nc(SCc3ccccc3Cl)nn2C1c1ccc(OCC(=O)N2CCOCC2)c(OC)c1. The van der Waals surface area contributed by atoms with E-state index in [1.54, 1.807) is 28.6 Å². The van der Waals surface area contributed by atoms with E-state index in [2.05, 4.69) is 10.3 Å². The molecule has 2 aliphatic rings. The van der Waals surface area contributed by atoms with E-state index < -0.39 is 12.0 Å². The molecule has 0 saturated carbocycles. The number of allylic oxidation sites excluding steroid dienone is 1. The fourth-order valence-electron chi connectivity index (χ4n) is 4.65. The van der Waals surface area contributed by atoms with Gasteiger partial charge in [-0.3, -0.25) is 4.79 Å². The van der Waals surface area contributed by atoms with Crippen molar-refractivity contribution in [2.45, 2.75) is 23.9 Å². The number of aromatic nitrogens is 3. The summed E-state index contributed by atoms with van der Waals surface area (Å²) in [4.78, 5) is 31.9. The minimum Gasteiger partial charge on any atom is -0.493 e. The average molecular weight is 600 g/mol. The zero-order valence-electron chi connectivity index (χ0n) is 22.9. The first-order valence-electron chi connectivity index (χ1n) is 12.9. The number of ether oxygens (including phenoxy) is 4. The summed E-state index contributed by atoms with van der Waals surface area (Å²) in [6.45, 7) is 3.76. The Morgan fingerprint density at radius 1 is 1.15 bits per heavy atom. The van der Waals surface area contributed by atoms with E-state index >= 15 is 0 Å². The Kier molecular flexibility index (Phi) is 9.01. The Balaban J connectivity index is 1.42. The van der Waals surface area contributed by atoms with Crippen molar-refractivity contribution in [3.63, 3.8) is 0 Å². The first kappa shape index (κ1) is 28.8. The van der Waals surface area contributed by atoms with Gasteiger partial charge in [-0.2, -0.15) is 4.98 Å². The molecule has 216 valence electrons. The van der Waals surface area contributed by atoms with Crippen molar-refractivity contribution in [1.29, 1.82) is 0 Å². The molecule has 0 spiro atoms. The van der Waals surface area contributed by atoms with Crippen molar-refractivity contribution in [2.75, 3.05) is 52.4 Å². The second-order valence-electron chi connectivity index (χ2n) is 9.29. The second kappa shape index (κ2) is 12.8. The molecule has 1 fully saturated rings.